The summed E-state index contributed by atoms with van der Waals surface area (Å²) >= 11 is 0. The van der Waals surface area contributed by atoms with Crippen LogP contribution in [-0.2, 0) is 4.74 Å². The van der Waals surface area contributed by atoms with E-state index in [0.717, 1.165) is 17.7 Å². The monoisotopic (exact) mass is 321 g/mol. The van der Waals surface area contributed by atoms with E-state index in [1.54, 1.807) is 19.2 Å². The molecular weight excluding hydrogens is 304 g/mol. The fourth-order valence-corrected chi connectivity index (χ4v) is 2.13. The second-order valence-corrected chi connectivity index (χ2v) is 4.84. The van der Waals surface area contributed by atoms with Crippen LogP contribution in [0.15, 0.2) is 42.5 Å². The molecule has 1 amide bonds. The van der Waals surface area contributed by atoms with Gasteiger partial charge in [0.2, 0.25) is 0 Å². The minimum Gasteiger partial charge on any atom is -0.497 e. The van der Waals surface area contributed by atoms with Gasteiger partial charge in [-0.2, -0.15) is 0 Å². The quantitative estimate of drug-likeness (QED) is 0.889. The predicted octanol–water partition coefficient (Wildman–Crippen LogP) is 3.09. The number of methoxy groups -OCH3 is 2. The number of rotatable bonds is 6. The molecule has 122 valence electrons. The fourth-order valence-electron chi connectivity index (χ4n) is 2.13. The third-order valence-electron chi connectivity index (χ3n) is 3.37. The summed E-state index contributed by atoms with van der Waals surface area (Å²) in [6.45, 7) is 0.138. The van der Waals surface area contributed by atoms with Crippen molar-refractivity contribution in [1.29, 1.82) is 0 Å². The van der Waals surface area contributed by atoms with Gasteiger partial charge in [0.25, 0.3) is 5.91 Å². The molecule has 0 aliphatic rings. The van der Waals surface area contributed by atoms with Gasteiger partial charge in [0, 0.05) is 19.7 Å². The van der Waals surface area contributed by atoms with Gasteiger partial charge in [0.05, 0.1) is 18.8 Å². The van der Waals surface area contributed by atoms with Gasteiger partial charge in [0.15, 0.2) is 0 Å². The number of amides is 1. The highest BCUT2D eigenvalue weighted by atomic mass is 19.1. The van der Waals surface area contributed by atoms with Gasteiger partial charge >= 0.3 is 0 Å². The van der Waals surface area contributed by atoms with Crippen LogP contribution in [-0.4, -0.2) is 26.7 Å². The van der Waals surface area contributed by atoms with E-state index in [9.17, 15) is 13.6 Å². The molecule has 6 heteroatoms. The Morgan fingerprint density at radius 2 is 1.96 bits per heavy atom. The van der Waals surface area contributed by atoms with Gasteiger partial charge in [-0.05, 0) is 29.8 Å². The van der Waals surface area contributed by atoms with E-state index < -0.39 is 23.6 Å². The highest BCUT2D eigenvalue weighted by Crippen LogP contribution is 2.21. The maximum absolute atomic E-state index is 13.6. The summed E-state index contributed by atoms with van der Waals surface area (Å²) in [6.07, 6.45) is -0.419. The lowest BCUT2D eigenvalue weighted by atomic mass is 10.1. The van der Waals surface area contributed by atoms with Gasteiger partial charge < -0.3 is 14.8 Å². The molecule has 0 fully saturated rings. The Balaban J connectivity index is 2.06. The first-order valence-electron chi connectivity index (χ1n) is 6.95. The third kappa shape index (κ3) is 4.26. The maximum Gasteiger partial charge on any atom is 0.254 e. The molecule has 0 saturated carbocycles. The molecule has 4 nitrogen and oxygen atoms in total. The molecule has 2 rings (SSSR count). The molecule has 23 heavy (non-hydrogen) atoms. The van der Waals surface area contributed by atoms with Gasteiger partial charge in [-0.25, -0.2) is 8.78 Å². The Kier molecular flexibility index (Phi) is 5.65. The minimum atomic E-state index is -0.905. The van der Waals surface area contributed by atoms with Crippen molar-refractivity contribution in [3.8, 4) is 5.75 Å². The predicted molar refractivity (Wildman–Crippen MR) is 81.4 cm³/mol. The molecule has 0 spiro atoms. The van der Waals surface area contributed by atoms with Crippen molar-refractivity contribution in [1.82, 2.24) is 5.32 Å². The van der Waals surface area contributed by atoms with Crippen molar-refractivity contribution in [2.24, 2.45) is 0 Å². The number of ether oxygens (including phenoxy) is 2. The summed E-state index contributed by atoms with van der Waals surface area (Å²) in [5, 5.41) is 2.58. The van der Waals surface area contributed by atoms with Crippen molar-refractivity contribution in [3.05, 3.63) is 65.2 Å². The summed E-state index contributed by atoms with van der Waals surface area (Å²) in [4.78, 5) is 12.0. The molecule has 0 aliphatic carbocycles. The Bertz CT molecular complexity index is 691. The SMILES string of the molecule is COc1cccc(C(CNC(=O)c2ccc(F)cc2F)OC)c1. The molecule has 0 aromatic heterocycles. The summed E-state index contributed by atoms with van der Waals surface area (Å²) in [5.41, 5.74) is 0.596. The average Bonchev–Trinajstić information content (AvgIpc) is 2.55. The first kappa shape index (κ1) is 16.9. The molecule has 0 aliphatic heterocycles. The van der Waals surface area contributed by atoms with Crippen molar-refractivity contribution in [2.75, 3.05) is 20.8 Å². The van der Waals surface area contributed by atoms with Crippen LogP contribution in [0, 0.1) is 11.6 Å². The molecular formula is C17H17F2NO3. The van der Waals surface area contributed by atoms with Crippen LogP contribution in [0.25, 0.3) is 0 Å². The first-order valence-corrected chi connectivity index (χ1v) is 6.95. The Labute approximate surface area is 133 Å². The largest absolute Gasteiger partial charge is 0.497 e. The van der Waals surface area contributed by atoms with Gasteiger partial charge in [-0.15, -0.1) is 0 Å². The number of hydrogen-bond acceptors (Lipinski definition) is 3. The third-order valence-corrected chi connectivity index (χ3v) is 3.37. The number of halogens is 2. The molecule has 1 N–H and O–H groups in total. The smallest absolute Gasteiger partial charge is 0.254 e. The summed E-state index contributed by atoms with van der Waals surface area (Å²) in [5.74, 6) is -1.60. The normalized spacial score (nSPS) is 11.8. The number of nitrogens with one attached hydrogen (secondary N) is 1. The number of hydrogen-bond donors (Lipinski definition) is 1. The standard InChI is InChI=1S/C17H17F2NO3/c1-22-13-5-3-4-11(8-13)16(23-2)10-20-17(21)14-7-6-12(18)9-15(14)19/h3-9,16H,10H2,1-2H3,(H,20,21). The van der Waals surface area contributed by atoms with E-state index in [2.05, 4.69) is 5.32 Å². The Morgan fingerprint density at radius 3 is 2.61 bits per heavy atom. The number of benzene rings is 2. The lowest BCUT2D eigenvalue weighted by Gasteiger charge is -2.17. The van der Waals surface area contributed by atoms with E-state index in [1.165, 1.54) is 7.11 Å². The number of carbonyl (C=O) groups excluding carboxylic acids is 1. The highest BCUT2D eigenvalue weighted by Gasteiger charge is 2.16. The molecule has 2 aromatic carbocycles. The molecule has 0 radical (unpaired) electrons. The topological polar surface area (TPSA) is 47.6 Å². The number of carbonyl (C=O) groups is 1. The van der Waals surface area contributed by atoms with Crippen LogP contribution in [0.5, 0.6) is 5.75 Å². The van der Waals surface area contributed by atoms with Gasteiger partial charge in [-0.1, -0.05) is 12.1 Å². The molecule has 1 atom stereocenters. The van der Waals surface area contributed by atoms with Crippen molar-refractivity contribution >= 4 is 5.91 Å². The molecule has 0 bridgehead atoms. The van der Waals surface area contributed by atoms with E-state index in [-0.39, 0.29) is 12.1 Å². The molecule has 0 saturated heterocycles. The maximum atomic E-state index is 13.6. The van der Waals surface area contributed by atoms with Crippen LogP contribution in [0.1, 0.15) is 22.0 Å². The molecule has 1 unspecified atom stereocenters. The molecule has 0 heterocycles. The van der Waals surface area contributed by atoms with E-state index >= 15 is 0 Å². The second kappa shape index (κ2) is 7.69. The lowest BCUT2D eigenvalue weighted by Crippen LogP contribution is -2.29. The summed E-state index contributed by atoms with van der Waals surface area (Å²) < 4.78 is 36.9. The van der Waals surface area contributed by atoms with Crippen molar-refractivity contribution < 1.29 is 23.0 Å². The fraction of sp³-hybridized carbons (Fsp3) is 0.235. The van der Waals surface area contributed by atoms with Crippen LogP contribution < -0.4 is 10.1 Å². The van der Waals surface area contributed by atoms with Crippen LogP contribution in [0.3, 0.4) is 0 Å². The minimum absolute atomic E-state index is 0.138. The summed E-state index contributed by atoms with van der Waals surface area (Å²) in [6, 6.07) is 10.0. The lowest BCUT2D eigenvalue weighted by molar-refractivity contribution is 0.0824. The van der Waals surface area contributed by atoms with Crippen LogP contribution >= 0.6 is 0 Å². The Morgan fingerprint density at radius 1 is 1.17 bits per heavy atom. The van der Waals surface area contributed by atoms with Crippen LogP contribution in [0.2, 0.25) is 0 Å². The highest BCUT2D eigenvalue weighted by molar-refractivity contribution is 5.94. The van der Waals surface area contributed by atoms with Crippen LogP contribution in [0.4, 0.5) is 8.78 Å². The zero-order valence-corrected chi connectivity index (χ0v) is 12.8. The molecule has 2 aromatic rings. The van der Waals surface area contributed by atoms with E-state index in [0.29, 0.717) is 11.8 Å². The van der Waals surface area contributed by atoms with Gasteiger partial charge in [0.1, 0.15) is 17.4 Å². The van der Waals surface area contributed by atoms with E-state index in [1.807, 2.05) is 12.1 Å². The first-order chi connectivity index (χ1) is 11.0. The van der Waals surface area contributed by atoms with Gasteiger partial charge in [-0.3, -0.25) is 4.79 Å². The second-order valence-electron chi connectivity index (χ2n) is 4.84. The van der Waals surface area contributed by atoms with E-state index in [4.69, 9.17) is 9.47 Å². The van der Waals surface area contributed by atoms with Crippen molar-refractivity contribution in [2.45, 2.75) is 6.10 Å². The average molecular weight is 321 g/mol. The van der Waals surface area contributed by atoms with Crippen molar-refractivity contribution in [3.63, 3.8) is 0 Å². The zero-order valence-electron chi connectivity index (χ0n) is 12.8. The Hall–Kier alpha value is -2.47. The zero-order chi connectivity index (χ0) is 16.8. The summed E-state index contributed by atoms with van der Waals surface area (Å²) in [7, 11) is 3.06.